The van der Waals surface area contributed by atoms with E-state index in [0.29, 0.717) is 0 Å². The van der Waals surface area contributed by atoms with Crippen LogP contribution in [-0.4, -0.2) is 0 Å². The number of aryl methyl sites for hydroxylation is 1. The minimum absolute atomic E-state index is 0.120. The van der Waals surface area contributed by atoms with Crippen LogP contribution in [0.5, 0.6) is 0 Å². The van der Waals surface area contributed by atoms with Gasteiger partial charge >= 0.3 is 0 Å². The highest BCUT2D eigenvalue weighted by atomic mass is 14.2. The molecule has 0 saturated heterocycles. The molecular formula is C31H46. The van der Waals surface area contributed by atoms with Gasteiger partial charge in [0.05, 0.1) is 0 Å². The molecule has 0 heterocycles. The van der Waals surface area contributed by atoms with Crippen molar-refractivity contribution in [3.63, 3.8) is 0 Å². The van der Waals surface area contributed by atoms with Crippen LogP contribution in [0.3, 0.4) is 0 Å². The Morgan fingerprint density at radius 1 is 0.484 bits per heavy atom. The van der Waals surface area contributed by atoms with E-state index >= 15 is 0 Å². The van der Waals surface area contributed by atoms with E-state index < -0.39 is 0 Å². The molecule has 4 aromatic carbocycles. The van der Waals surface area contributed by atoms with E-state index in [1.165, 1.54) is 43.4 Å². The van der Waals surface area contributed by atoms with Crippen LogP contribution in [0.1, 0.15) is 87.3 Å². The van der Waals surface area contributed by atoms with Crippen molar-refractivity contribution in [3.8, 4) is 0 Å². The van der Waals surface area contributed by atoms with Crippen LogP contribution in [0.2, 0.25) is 0 Å². The van der Waals surface area contributed by atoms with Crippen LogP contribution in [0.25, 0.3) is 32.3 Å². The average Bonchev–Trinajstić information content (AvgIpc) is 2.83. The van der Waals surface area contributed by atoms with E-state index in [1.54, 1.807) is 0 Å². The molecule has 0 radical (unpaired) electrons. The molecule has 4 rings (SSSR count). The molecule has 0 heteroatoms. The Labute approximate surface area is 192 Å². The molecule has 0 bridgehead atoms. The molecular weight excluding hydrogens is 372 g/mol. The first kappa shape index (κ1) is 28.7. The van der Waals surface area contributed by atoms with Gasteiger partial charge in [0.15, 0.2) is 0 Å². The Kier molecular flexibility index (Phi) is 12.8. The van der Waals surface area contributed by atoms with E-state index in [-0.39, 0.29) is 5.41 Å². The number of hydrogen-bond donors (Lipinski definition) is 0. The third-order valence-electron chi connectivity index (χ3n) is 4.85. The van der Waals surface area contributed by atoms with E-state index in [4.69, 9.17) is 0 Å². The molecule has 0 nitrogen and oxygen atoms in total. The van der Waals surface area contributed by atoms with Crippen molar-refractivity contribution in [3.05, 3.63) is 71.8 Å². The van der Waals surface area contributed by atoms with Gasteiger partial charge in [0, 0.05) is 0 Å². The van der Waals surface area contributed by atoms with Gasteiger partial charge in [-0.3, -0.25) is 0 Å². The Morgan fingerprint density at radius 2 is 0.903 bits per heavy atom. The molecule has 0 unspecified atom stereocenters. The normalized spacial score (nSPS) is 9.94. The van der Waals surface area contributed by atoms with Crippen molar-refractivity contribution in [2.24, 2.45) is 0 Å². The number of rotatable bonds is 0. The van der Waals surface area contributed by atoms with Gasteiger partial charge < -0.3 is 0 Å². The SMILES string of the molecule is CC.CC.CC.CC.Cc1ccc2ccc3ccc4ccccc4c3c2c1C(C)(C)C. The van der Waals surface area contributed by atoms with Gasteiger partial charge in [-0.25, -0.2) is 0 Å². The molecule has 0 saturated carbocycles. The molecule has 0 atom stereocenters. The van der Waals surface area contributed by atoms with Gasteiger partial charge in [-0.15, -0.1) is 0 Å². The molecule has 0 amide bonds. The number of benzene rings is 4. The van der Waals surface area contributed by atoms with Crippen molar-refractivity contribution in [2.45, 2.75) is 88.5 Å². The lowest BCUT2D eigenvalue weighted by atomic mass is 9.79. The standard InChI is InChI=1S/C23H22.4C2H6/c1-15-9-10-18-14-13-17-12-11-16-7-5-6-8-19(16)20(17)21(18)22(15)23(2,3)4;4*1-2/h5-14H,1-4H3;4*1-2H3. The highest BCUT2D eigenvalue weighted by Crippen LogP contribution is 2.39. The summed E-state index contributed by atoms with van der Waals surface area (Å²) in [5.41, 5.74) is 2.97. The summed E-state index contributed by atoms with van der Waals surface area (Å²) in [5.74, 6) is 0. The van der Waals surface area contributed by atoms with Crippen molar-refractivity contribution < 1.29 is 0 Å². The Balaban J connectivity index is 0.00000102. The zero-order valence-corrected chi connectivity index (χ0v) is 22.3. The molecule has 0 aromatic heterocycles. The summed E-state index contributed by atoms with van der Waals surface area (Å²) in [6.45, 7) is 25.2. The maximum Gasteiger partial charge on any atom is -0.00237 e. The number of fused-ring (bicyclic) bond motifs is 5. The van der Waals surface area contributed by atoms with Crippen LogP contribution in [0.15, 0.2) is 60.7 Å². The minimum Gasteiger partial charge on any atom is -0.0683 e. The van der Waals surface area contributed by atoms with E-state index in [9.17, 15) is 0 Å². The predicted molar refractivity (Wildman–Crippen MR) is 148 cm³/mol. The van der Waals surface area contributed by atoms with Gasteiger partial charge in [-0.05, 0) is 55.8 Å². The quantitative estimate of drug-likeness (QED) is 0.249. The summed E-state index contributed by atoms with van der Waals surface area (Å²) >= 11 is 0. The average molecular weight is 419 g/mol. The molecule has 170 valence electrons. The first-order valence-corrected chi connectivity index (χ1v) is 12.3. The highest BCUT2D eigenvalue weighted by Gasteiger charge is 2.21. The summed E-state index contributed by atoms with van der Waals surface area (Å²) < 4.78 is 0. The summed E-state index contributed by atoms with van der Waals surface area (Å²) in [5, 5.41) is 8.15. The lowest BCUT2D eigenvalue weighted by Gasteiger charge is -2.25. The fourth-order valence-corrected chi connectivity index (χ4v) is 3.98. The topological polar surface area (TPSA) is 0 Å². The van der Waals surface area contributed by atoms with Gasteiger partial charge in [0.25, 0.3) is 0 Å². The smallest absolute Gasteiger partial charge is 0.00237 e. The fourth-order valence-electron chi connectivity index (χ4n) is 3.98. The van der Waals surface area contributed by atoms with Crippen molar-refractivity contribution >= 4 is 32.3 Å². The van der Waals surface area contributed by atoms with Crippen LogP contribution in [0, 0.1) is 6.92 Å². The van der Waals surface area contributed by atoms with Crippen molar-refractivity contribution in [1.82, 2.24) is 0 Å². The maximum atomic E-state index is 2.32. The van der Waals surface area contributed by atoms with Gasteiger partial charge in [0.2, 0.25) is 0 Å². The van der Waals surface area contributed by atoms with Crippen LogP contribution < -0.4 is 0 Å². The number of hydrogen-bond acceptors (Lipinski definition) is 0. The molecule has 0 spiro atoms. The van der Waals surface area contributed by atoms with Crippen molar-refractivity contribution in [2.75, 3.05) is 0 Å². The molecule has 31 heavy (non-hydrogen) atoms. The first-order chi connectivity index (χ1) is 15.0. The van der Waals surface area contributed by atoms with E-state index in [0.717, 1.165) is 0 Å². The summed E-state index contributed by atoms with van der Waals surface area (Å²) in [6, 6.07) is 22.3. The molecule has 0 aliphatic rings. The second-order valence-corrected chi connectivity index (χ2v) is 7.56. The lowest BCUT2D eigenvalue weighted by molar-refractivity contribution is 0.592. The third-order valence-corrected chi connectivity index (χ3v) is 4.85. The summed E-state index contributed by atoms with van der Waals surface area (Å²) in [6.07, 6.45) is 0. The predicted octanol–water partition coefficient (Wildman–Crippen LogP) is 10.9. The second kappa shape index (κ2) is 13.9. The summed E-state index contributed by atoms with van der Waals surface area (Å²) in [4.78, 5) is 0. The zero-order chi connectivity index (χ0) is 24.2. The van der Waals surface area contributed by atoms with E-state index in [1.807, 2.05) is 55.4 Å². The molecule has 0 N–H and O–H groups in total. The maximum absolute atomic E-state index is 2.32. The summed E-state index contributed by atoms with van der Waals surface area (Å²) in [7, 11) is 0. The van der Waals surface area contributed by atoms with Crippen LogP contribution in [0.4, 0.5) is 0 Å². The van der Waals surface area contributed by atoms with Crippen molar-refractivity contribution in [1.29, 1.82) is 0 Å². The monoisotopic (exact) mass is 418 g/mol. The highest BCUT2D eigenvalue weighted by molar-refractivity contribution is 6.21. The zero-order valence-electron chi connectivity index (χ0n) is 22.3. The minimum atomic E-state index is 0.120. The van der Waals surface area contributed by atoms with E-state index in [2.05, 4.69) is 88.4 Å². The van der Waals surface area contributed by atoms with Crippen LogP contribution in [-0.2, 0) is 5.41 Å². The molecule has 0 fully saturated rings. The van der Waals surface area contributed by atoms with Crippen LogP contribution >= 0.6 is 0 Å². The molecule has 0 aliphatic heterocycles. The van der Waals surface area contributed by atoms with Gasteiger partial charge in [-0.1, -0.05) is 137 Å². The molecule has 0 aliphatic carbocycles. The second-order valence-electron chi connectivity index (χ2n) is 7.56. The Bertz CT molecular complexity index is 1040. The van der Waals surface area contributed by atoms with Gasteiger partial charge in [-0.2, -0.15) is 0 Å². The largest absolute Gasteiger partial charge is 0.0683 e. The lowest BCUT2D eigenvalue weighted by Crippen LogP contribution is -2.14. The fraction of sp³-hybridized carbons (Fsp3) is 0.419. The van der Waals surface area contributed by atoms with Gasteiger partial charge in [0.1, 0.15) is 0 Å². The Morgan fingerprint density at radius 3 is 1.42 bits per heavy atom. The first-order valence-electron chi connectivity index (χ1n) is 12.3. The Hall–Kier alpha value is -2.34. The third kappa shape index (κ3) is 6.33. The molecule has 4 aromatic rings.